The highest BCUT2D eigenvalue weighted by Gasteiger charge is 2.47. The Morgan fingerprint density at radius 1 is 0.660 bits per heavy atom. The van der Waals surface area contributed by atoms with Gasteiger partial charge in [0.05, 0.1) is 26.4 Å². The molecule has 0 bridgehead atoms. The molecule has 2 saturated heterocycles. The van der Waals surface area contributed by atoms with Crippen LogP contribution in [0.4, 0.5) is 0 Å². The van der Waals surface area contributed by atoms with Crippen molar-refractivity contribution in [3.63, 3.8) is 0 Å². The summed E-state index contributed by atoms with van der Waals surface area (Å²) in [6, 6.07) is 0. The van der Waals surface area contributed by atoms with E-state index in [1.54, 1.807) is 0 Å². The third-order valence-corrected chi connectivity index (χ3v) is 9.36. The van der Waals surface area contributed by atoms with Crippen molar-refractivity contribution in [3.05, 3.63) is 32.4 Å². The van der Waals surface area contributed by atoms with Crippen LogP contribution in [0.5, 0.6) is 0 Å². The van der Waals surface area contributed by atoms with Crippen molar-refractivity contribution in [2.75, 3.05) is 78.8 Å². The quantitative estimate of drug-likeness (QED) is 0.0870. The average Bonchev–Trinajstić information content (AvgIpc) is 3.09. The summed E-state index contributed by atoms with van der Waals surface area (Å²) in [4.78, 5) is 88.1. The number of esters is 2. The predicted octanol–water partition coefficient (Wildman–Crippen LogP) is -0.695. The fourth-order valence-electron chi connectivity index (χ4n) is 6.54. The maximum atomic E-state index is 13.4. The Morgan fingerprint density at radius 3 is 1.32 bits per heavy atom. The molecule has 4 aliphatic rings. The summed E-state index contributed by atoms with van der Waals surface area (Å²) in [5.41, 5.74) is -3.33. The second-order valence-electron chi connectivity index (χ2n) is 12.6. The molecule has 20 heteroatoms. The van der Waals surface area contributed by atoms with Crippen LogP contribution in [0.25, 0.3) is 0 Å². The standard InChI is InChI=1S/C30H46N6O14/c37-25(47-29(7-3-23(4-8-29)49-35(41)42)27(39)31-11-13-33-15-19-45-20-16-33)1-2-26(38)48-30(9-5-24(6-10-30)50-36(43)44)28(40)32-12-14-34-17-21-46-22-18-34/h1-2,23-24H,3-22H2,(H,31,39)(H,32,40)/b2-1+. The molecule has 4 fully saturated rings. The highest BCUT2D eigenvalue weighted by Crippen LogP contribution is 2.35. The van der Waals surface area contributed by atoms with E-state index >= 15 is 0 Å². The monoisotopic (exact) mass is 714 g/mol. The van der Waals surface area contributed by atoms with Crippen LogP contribution in [0, 0.1) is 20.2 Å². The molecule has 2 heterocycles. The zero-order valence-electron chi connectivity index (χ0n) is 28.0. The van der Waals surface area contributed by atoms with Crippen molar-refractivity contribution in [2.45, 2.75) is 74.8 Å². The first-order valence-electron chi connectivity index (χ1n) is 16.9. The van der Waals surface area contributed by atoms with E-state index in [0.717, 1.165) is 12.2 Å². The topological polar surface area (TPSA) is 240 Å². The van der Waals surface area contributed by atoms with Gasteiger partial charge in [-0.25, -0.2) is 9.59 Å². The second-order valence-corrected chi connectivity index (χ2v) is 12.6. The number of hydrogen-bond acceptors (Lipinski definition) is 16. The lowest BCUT2D eigenvalue weighted by molar-refractivity contribution is -0.769. The molecule has 0 aromatic carbocycles. The molecule has 2 amide bonds. The summed E-state index contributed by atoms with van der Waals surface area (Å²) < 4.78 is 21.9. The molecule has 0 aromatic heterocycles. The van der Waals surface area contributed by atoms with Crippen LogP contribution in [-0.4, -0.2) is 146 Å². The van der Waals surface area contributed by atoms with E-state index in [1.807, 2.05) is 0 Å². The van der Waals surface area contributed by atoms with Crippen molar-refractivity contribution in [1.82, 2.24) is 20.4 Å². The smallest absolute Gasteiger partial charge is 0.332 e. The van der Waals surface area contributed by atoms with Crippen LogP contribution in [0.1, 0.15) is 51.4 Å². The highest BCUT2D eigenvalue weighted by molar-refractivity contribution is 5.96. The van der Waals surface area contributed by atoms with Gasteiger partial charge in [-0.2, -0.15) is 0 Å². The molecule has 0 aromatic rings. The van der Waals surface area contributed by atoms with Gasteiger partial charge >= 0.3 is 11.9 Å². The summed E-state index contributed by atoms with van der Waals surface area (Å²) in [6.45, 7) is 6.78. The van der Waals surface area contributed by atoms with Crippen LogP contribution in [0.2, 0.25) is 0 Å². The number of nitrogens with one attached hydrogen (secondary N) is 2. The molecule has 2 N–H and O–H groups in total. The molecule has 0 radical (unpaired) electrons. The number of carbonyl (C=O) groups excluding carboxylic acids is 4. The van der Waals surface area contributed by atoms with E-state index in [0.29, 0.717) is 65.7 Å². The first-order valence-corrected chi connectivity index (χ1v) is 16.9. The summed E-state index contributed by atoms with van der Waals surface area (Å²) in [7, 11) is 0. The summed E-state index contributed by atoms with van der Waals surface area (Å²) in [5.74, 6) is -3.22. The molecule has 50 heavy (non-hydrogen) atoms. The fraction of sp³-hybridized carbons (Fsp3) is 0.800. The number of hydrogen-bond donors (Lipinski definition) is 2. The van der Waals surface area contributed by atoms with Gasteiger partial charge in [-0.05, 0) is 51.4 Å². The number of amides is 2. The molecule has 2 aliphatic heterocycles. The molecule has 2 aliphatic carbocycles. The third kappa shape index (κ3) is 11.7. The van der Waals surface area contributed by atoms with Gasteiger partial charge in [0.25, 0.3) is 22.0 Å². The van der Waals surface area contributed by atoms with Crippen LogP contribution in [0.3, 0.4) is 0 Å². The minimum absolute atomic E-state index is 0.0555. The second kappa shape index (κ2) is 18.7. The van der Waals surface area contributed by atoms with Crippen LogP contribution in [0.15, 0.2) is 12.2 Å². The lowest BCUT2D eigenvalue weighted by atomic mass is 9.82. The molecule has 0 spiro atoms. The third-order valence-electron chi connectivity index (χ3n) is 9.36. The maximum absolute atomic E-state index is 13.4. The zero-order valence-corrected chi connectivity index (χ0v) is 28.0. The van der Waals surface area contributed by atoms with E-state index in [2.05, 4.69) is 30.1 Å². The Bertz CT molecular complexity index is 1130. The Hall–Kier alpha value is -4.14. The minimum Gasteiger partial charge on any atom is -0.446 e. The van der Waals surface area contributed by atoms with Gasteiger partial charge in [0, 0.05) is 64.5 Å². The first-order chi connectivity index (χ1) is 24.0. The predicted molar refractivity (Wildman–Crippen MR) is 168 cm³/mol. The summed E-state index contributed by atoms with van der Waals surface area (Å²) in [6.07, 6.45) is 0.0911. The zero-order chi connectivity index (χ0) is 36.0. The molecule has 2 saturated carbocycles. The van der Waals surface area contributed by atoms with Crippen LogP contribution < -0.4 is 10.6 Å². The first kappa shape index (κ1) is 38.7. The van der Waals surface area contributed by atoms with Crippen molar-refractivity contribution in [1.29, 1.82) is 0 Å². The Balaban J connectivity index is 1.37. The minimum atomic E-state index is -1.66. The number of morpholine rings is 2. The summed E-state index contributed by atoms with van der Waals surface area (Å²) >= 11 is 0. The maximum Gasteiger partial charge on any atom is 0.332 e. The SMILES string of the molecule is O=C(/C=C/C(=O)OC1(C(=O)NCCN2CCOCC2)CCC(O[N+](=O)[O-])CC1)OC1(C(=O)NCCN2CCOCC2)CCC(O[N+](=O)[O-])CC1. The molecular weight excluding hydrogens is 668 g/mol. The fourth-order valence-corrected chi connectivity index (χ4v) is 6.54. The molecule has 0 atom stereocenters. The van der Waals surface area contributed by atoms with E-state index in [9.17, 15) is 39.4 Å². The molecule has 4 rings (SSSR count). The van der Waals surface area contributed by atoms with Gasteiger partial charge in [0.15, 0.2) is 11.2 Å². The summed E-state index contributed by atoms with van der Waals surface area (Å²) in [5, 5.41) is 25.5. The number of nitrogens with zero attached hydrogens (tertiary/aromatic N) is 4. The van der Waals surface area contributed by atoms with Gasteiger partial charge in [-0.3, -0.25) is 19.4 Å². The van der Waals surface area contributed by atoms with E-state index in [1.165, 1.54) is 0 Å². The molecule has 20 nitrogen and oxygen atoms in total. The van der Waals surface area contributed by atoms with E-state index in [4.69, 9.17) is 18.9 Å². The Morgan fingerprint density at radius 2 is 1.00 bits per heavy atom. The van der Waals surface area contributed by atoms with Crippen LogP contribution in [-0.2, 0) is 47.8 Å². The van der Waals surface area contributed by atoms with Gasteiger partial charge < -0.3 is 39.3 Å². The van der Waals surface area contributed by atoms with Gasteiger partial charge in [-0.1, -0.05) is 0 Å². The van der Waals surface area contributed by atoms with Crippen LogP contribution >= 0.6 is 0 Å². The van der Waals surface area contributed by atoms with E-state index in [-0.39, 0.29) is 64.5 Å². The van der Waals surface area contributed by atoms with Crippen molar-refractivity contribution in [3.8, 4) is 0 Å². The van der Waals surface area contributed by atoms with E-state index < -0.39 is 57.3 Å². The molecule has 0 unspecified atom stereocenters. The Kier molecular flexibility index (Phi) is 14.5. The van der Waals surface area contributed by atoms with Crippen molar-refractivity contribution >= 4 is 23.8 Å². The number of ether oxygens (including phenoxy) is 4. The van der Waals surface area contributed by atoms with Crippen molar-refractivity contribution < 1.29 is 58.0 Å². The lowest BCUT2D eigenvalue weighted by Crippen LogP contribution is -2.54. The Labute approximate surface area is 288 Å². The number of carbonyl (C=O) groups is 4. The van der Waals surface area contributed by atoms with Gasteiger partial charge in [0.2, 0.25) is 0 Å². The highest BCUT2D eigenvalue weighted by atomic mass is 17.0. The van der Waals surface area contributed by atoms with Gasteiger partial charge in [0.1, 0.15) is 12.2 Å². The van der Waals surface area contributed by atoms with Crippen molar-refractivity contribution in [2.24, 2.45) is 0 Å². The normalized spacial score (nSPS) is 27.8. The average molecular weight is 715 g/mol. The molecular formula is C30H46N6O14. The number of rotatable bonds is 16. The van der Waals surface area contributed by atoms with Gasteiger partial charge in [-0.15, -0.1) is 20.2 Å². The lowest BCUT2D eigenvalue weighted by Gasteiger charge is -2.37. The molecule has 280 valence electrons. The largest absolute Gasteiger partial charge is 0.446 e.